The van der Waals surface area contributed by atoms with Gasteiger partial charge in [-0.05, 0) is 42.7 Å². The number of nitrogens with zero attached hydrogens (tertiary/aromatic N) is 1. The highest BCUT2D eigenvalue weighted by Gasteiger charge is 2.25. The number of carbonyl (C=O) groups excluding carboxylic acids is 1. The van der Waals surface area contributed by atoms with E-state index in [9.17, 15) is 13.2 Å². The molecule has 2 aromatic rings. The average molecular weight is 421 g/mol. The third kappa shape index (κ3) is 5.63. The largest absolute Gasteiger partial charge is 0.496 e. The van der Waals surface area contributed by atoms with Gasteiger partial charge in [0.15, 0.2) is 0 Å². The minimum atomic E-state index is -3.69. The lowest BCUT2D eigenvalue weighted by atomic mass is 10.0. The molecule has 1 atom stereocenters. The highest BCUT2D eigenvalue weighted by Crippen LogP contribution is 2.29. The smallest absolute Gasteiger partial charge is 0.241 e. The molecule has 0 spiro atoms. The Hall–Kier alpha value is -2.74. The van der Waals surface area contributed by atoms with Crippen LogP contribution in [0.5, 0.6) is 11.5 Å². The summed E-state index contributed by atoms with van der Waals surface area (Å²) < 4.78 is 36.3. The summed E-state index contributed by atoms with van der Waals surface area (Å²) in [5, 5.41) is 2.93. The second-order valence-electron chi connectivity index (χ2n) is 6.70. The van der Waals surface area contributed by atoms with Crippen LogP contribution < -0.4 is 19.1 Å². The van der Waals surface area contributed by atoms with Gasteiger partial charge in [-0.15, -0.1) is 0 Å². The van der Waals surface area contributed by atoms with E-state index in [0.29, 0.717) is 17.9 Å². The Morgan fingerprint density at radius 3 is 2.31 bits per heavy atom. The molecule has 0 aliphatic heterocycles. The van der Waals surface area contributed by atoms with E-state index < -0.39 is 15.9 Å². The third-order valence-corrected chi connectivity index (χ3v) is 5.73. The monoisotopic (exact) mass is 420 g/mol. The molecule has 2 rings (SSSR count). The van der Waals surface area contributed by atoms with Gasteiger partial charge in [-0.2, -0.15) is 0 Å². The van der Waals surface area contributed by atoms with Crippen LogP contribution in [0, 0.1) is 6.92 Å². The molecule has 1 unspecified atom stereocenters. The number of nitrogens with one attached hydrogen (secondary N) is 1. The van der Waals surface area contributed by atoms with Crippen LogP contribution in [0.2, 0.25) is 0 Å². The average Bonchev–Trinajstić information content (AvgIpc) is 2.69. The number of sulfonamides is 1. The number of rotatable bonds is 9. The van der Waals surface area contributed by atoms with Crippen molar-refractivity contribution in [2.45, 2.75) is 26.3 Å². The molecule has 0 saturated heterocycles. The minimum Gasteiger partial charge on any atom is -0.496 e. The number of anilines is 1. The fourth-order valence-corrected chi connectivity index (χ4v) is 3.99. The maximum Gasteiger partial charge on any atom is 0.241 e. The van der Waals surface area contributed by atoms with E-state index in [0.717, 1.165) is 27.4 Å². The van der Waals surface area contributed by atoms with Gasteiger partial charge in [0.05, 0.1) is 32.2 Å². The maximum atomic E-state index is 12.7. The summed E-state index contributed by atoms with van der Waals surface area (Å²) in [6.07, 6.45) is 1.72. The van der Waals surface area contributed by atoms with Crippen LogP contribution >= 0.6 is 0 Å². The molecule has 0 aromatic heterocycles. The summed E-state index contributed by atoms with van der Waals surface area (Å²) in [6.45, 7) is 3.55. The van der Waals surface area contributed by atoms with Gasteiger partial charge in [-0.25, -0.2) is 8.42 Å². The molecule has 0 aliphatic carbocycles. The predicted molar refractivity (Wildman–Crippen MR) is 114 cm³/mol. The lowest BCUT2D eigenvalue weighted by Crippen LogP contribution is -2.41. The molecule has 0 saturated carbocycles. The second-order valence-corrected chi connectivity index (χ2v) is 8.61. The summed E-state index contributed by atoms with van der Waals surface area (Å²) in [5.41, 5.74) is 2.22. The zero-order valence-corrected chi connectivity index (χ0v) is 18.2. The normalized spacial score (nSPS) is 12.2. The van der Waals surface area contributed by atoms with Crippen molar-refractivity contribution in [1.29, 1.82) is 0 Å². The number of amides is 1. The molecular weight excluding hydrogens is 392 g/mol. The van der Waals surface area contributed by atoms with Gasteiger partial charge in [-0.1, -0.05) is 31.2 Å². The molecule has 0 heterocycles. The van der Waals surface area contributed by atoms with E-state index >= 15 is 0 Å². The number of carbonyl (C=O) groups is 1. The summed E-state index contributed by atoms with van der Waals surface area (Å²) in [5.74, 6) is 0.750. The fourth-order valence-electron chi connectivity index (χ4n) is 3.13. The fraction of sp³-hybridized carbons (Fsp3) is 0.381. The number of aryl methyl sites for hydroxylation is 1. The van der Waals surface area contributed by atoms with Crippen molar-refractivity contribution in [3.05, 3.63) is 53.6 Å². The second kappa shape index (κ2) is 9.65. The van der Waals surface area contributed by atoms with Gasteiger partial charge in [0, 0.05) is 0 Å². The van der Waals surface area contributed by atoms with Crippen molar-refractivity contribution in [1.82, 2.24) is 5.32 Å². The number of methoxy groups -OCH3 is 2. The van der Waals surface area contributed by atoms with Crippen molar-refractivity contribution >= 4 is 21.6 Å². The number of para-hydroxylation sites is 2. The van der Waals surface area contributed by atoms with Crippen LogP contribution in [0.25, 0.3) is 0 Å². The van der Waals surface area contributed by atoms with Crippen LogP contribution in [0.15, 0.2) is 42.5 Å². The lowest BCUT2D eigenvalue weighted by molar-refractivity contribution is -0.120. The van der Waals surface area contributed by atoms with Crippen LogP contribution in [-0.4, -0.2) is 41.3 Å². The first kappa shape index (κ1) is 22.5. The molecule has 0 radical (unpaired) electrons. The maximum absolute atomic E-state index is 12.7. The van der Waals surface area contributed by atoms with Crippen LogP contribution in [0.1, 0.15) is 30.5 Å². The van der Waals surface area contributed by atoms with E-state index in [1.165, 1.54) is 7.11 Å². The summed E-state index contributed by atoms with van der Waals surface area (Å²) >= 11 is 0. The first-order valence-electron chi connectivity index (χ1n) is 9.25. The van der Waals surface area contributed by atoms with E-state index in [4.69, 9.17) is 9.47 Å². The number of benzene rings is 2. The van der Waals surface area contributed by atoms with Gasteiger partial charge in [0.25, 0.3) is 0 Å². The predicted octanol–water partition coefficient (Wildman–Crippen LogP) is 3.05. The summed E-state index contributed by atoms with van der Waals surface area (Å²) in [4.78, 5) is 12.7. The van der Waals surface area contributed by atoms with Crippen molar-refractivity contribution in [3.8, 4) is 11.5 Å². The van der Waals surface area contributed by atoms with E-state index in [-0.39, 0.29) is 12.6 Å². The van der Waals surface area contributed by atoms with E-state index in [1.807, 2.05) is 32.0 Å². The molecule has 8 heteroatoms. The van der Waals surface area contributed by atoms with Crippen molar-refractivity contribution in [2.75, 3.05) is 31.3 Å². The van der Waals surface area contributed by atoms with Crippen molar-refractivity contribution < 1.29 is 22.7 Å². The van der Waals surface area contributed by atoms with Crippen molar-refractivity contribution in [3.63, 3.8) is 0 Å². The standard InChI is InChI=1S/C21H28N2O5S/c1-6-17(16-11-12-19(27-3)15(2)13-16)22-21(24)14-23(29(5,25)26)18-9-7-8-10-20(18)28-4/h7-13,17H,6,14H2,1-5H3,(H,22,24). The molecule has 0 bridgehead atoms. The minimum absolute atomic E-state index is 0.244. The van der Waals surface area contributed by atoms with Gasteiger partial charge >= 0.3 is 0 Å². The molecule has 0 aliphatic rings. The Kier molecular flexibility index (Phi) is 7.50. The van der Waals surface area contributed by atoms with Crippen LogP contribution in [0.3, 0.4) is 0 Å². The summed E-state index contributed by atoms with van der Waals surface area (Å²) in [6, 6.07) is 12.2. The summed E-state index contributed by atoms with van der Waals surface area (Å²) in [7, 11) is -0.626. The first-order chi connectivity index (χ1) is 13.7. The Morgan fingerprint density at radius 1 is 1.10 bits per heavy atom. The number of ether oxygens (including phenoxy) is 2. The molecular formula is C21H28N2O5S. The molecule has 0 fully saturated rings. The molecule has 29 heavy (non-hydrogen) atoms. The molecule has 158 valence electrons. The molecule has 1 amide bonds. The third-order valence-electron chi connectivity index (χ3n) is 4.61. The van der Waals surface area contributed by atoms with Crippen LogP contribution in [0.4, 0.5) is 5.69 Å². The lowest BCUT2D eigenvalue weighted by Gasteiger charge is -2.25. The van der Waals surface area contributed by atoms with Gasteiger partial charge in [-0.3, -0.25) is 9.10 Å². The topological polar surface area (TPSA) is 84.9 Å². The molecule has 2 aromatic carbocycles. The van der Waals surface area contributed by atoms with E-state index in [2.05, 4.69) is 5.32 Å². The number of hydrogen-bond donors (Lipinski definition) is 1. The Morgan fingerprint density at radius 2 is 1.76 bits per heavy atom. The highest BCUT2D eigenvalue weighted by molar-refractivity contribution is 7.92. The number of hydrogen-bond acceptors (Lipinski definition) is 5. The zero-order chi connectivity index (χ0) is 21.6. The van der Waals surface area contributed by atoms with E-state index in [1.54, 1.807) is 31.4 Å². The quantitative estimate of drug-likeness (QED) is 0.674. The van der Waals surface area contributed by atoms with Crippen LogP contribution in [-0.2, 0) is 14.8 Å². The molecule has 7 nitrogen and oxygen atoms in total. The SMILES string of the molecule is CCC(NC(=O)CN(c1ccccc1OC)S(C)(=O)=O)c1ccc(OC)c(C)c1. The first-order valence-corrected chi connectivity index (χ1v) is 11.1. The molecule has 1 N–H and O–H groups in total. The Balaban J connectivity index is 2.24. The Labute approximate surface area is 172 Å². The van der Waals surface area contributed by atoms with Gasteiger partial charge in [0.1, 0.15) is 18.0 Å². The zero-order valence-electron chi connectivity index (χ0n) is 17.4. The highest BCUT2D eigenvalue weighted by atomic mass is 32.2. The van der Waals surface area contributed by atoms with Crippen molar-refractivity contribution in [2.24, 2.45) is 0 Å². The Bertz CT molecular complexity index is 959. The van der Waals surface area contributed by atoms with Gasteiger partial charge in [0.2, 0.25) is 15.9 Å². The van der Waals surface area contributed by atoms with Gasteiger partial charge < -0.3 is 14.8 Å².